The van der Waals surface area contributed by atoms with Crippen LogP contribution in [-0.4, -0.2) is 10.9 Å². The SMILES string of the molecule is Cc1ccc(C(=O)c2ccc(Oc3ccc(N(c4ccccc4)c4ccc(-c5ccc(N(c6ccccc6)c6ccc(O)cc6)cc5)cc4)cc3)cc2)cc1. The van der Waals surface area contributed by atoms with Crippen molar-refractivity contribution < 1.29 is 14.6 Å². The van der Waals surface area contributed by atoms with Gasteiger partial charge in [0.25, 0.3) is 0 Å². The Morgan fingerprint density at radius 3 is 1.15 bits per heavy atom. The van der Waals surface area contributed by atoms with Gasteiger partial charge in [-0.25, -0.2) is 0 Å². The van der Waals surface area contributed by atoms with Crippen molar-refractivity contribution in [2.45, 2.75) is 6.92 Å². The summed E-state index contributed by atoms with van der Waals surface area (Å²) in [6.07, 6.45) is 0. The number of para-hydroxylation sites is 2. The Labute approximate surface area is 321 Å². The van der Waals surface area contributed by atoms with E-state index in [0.717, 1.165) is 50.8 Å². The molecule has 0 aliphatic rings. The number of hydrogen-bond donors (Lipinski definition) is 1. The van der Waals surface area contributed by atoms with E-state index in [9.17, 15) is 9.90 Å². The third-order valence-corrected chi connectivity index (χ3v) is 9.48. The Hall–Kier alpha value is -7.37. The summed E-state index contributed by atoms with van der Waals surface area (Å²) in [5, 5.41) is 9.90. The van der Waals surface area contributed by atoms with Crippen molar-refractivity contribution in [3.8, 4) is 28.4 Å². The predicted octanol–water partition coefficient (Wildman–Crippen LogP) is 13.3. The molecule has 0 spiro atoms. The first-order valence-electron chi connectivity index (χ1n) is 18.2. The molecule has 0 heterocycles. The van der Waals surface area contributed by atoms with E-state index in [1.807, 2.05) is 104 Å². The van der Waals surface area contributed by atoms with Crippen LogP contribution in [0.5, 0.6) is 17.2 Å². The molecule has 0 aliphatic heterocycles. The summed E-state index contributed by atoms with van der Waals surface area (Å²) in [5.74, 6) is 1.58. The number of hydrogen-bond acceptors (Lipinski definition) is 5. The van der Waals surface area contributed by atoms with E-state index >= 15 is 0 Å². The van der Waals surface area contributed by atoms with E-state index in [4.69, 9.17) is 4.74 Å². The van der Waals surface area contributed by atoms with Crippen LogP contribution < -0.4 is 14.5 Å². The minimum atomic E-state index is -0.0139. The molecule has 0 aromatic heterocycles. The van der Waals surface area contributed by atoms with E-state index in [1.54, 1.807) is 24.3 Å². The summed E-state index contributed by atoms with van der Waals surface area (Å²) < 4.78 is 6.18. The van der Waals surface area contributed by atoms with Crippen molar-refractivity contribution in [1.82, 2.24) is 0 Å². The molecule has 0 saturated heterocycles. The van der Waals surface area contributed by atoms with Gasteiger partial charge in [-0.3, -0.25) is 4.79 Å². The first-order chi connectivity index (χ1) is 27.0. The number of aromatic hydroxyl groups is 1. The molecule has 8 aromatic rings. The van der Waals surface area contributed by atoms with Gasteiger partial charge in [-0.2, -0.15) is 0 Å². The van der Waals surface area contributed by atoms with Crippen LogP contribution >= 0.6 is 0 Å². The number of carbonyl (C=O) groups excluding carboxylic acids is 1. The molecule has 0 aliphatic carbocycles. The summed E-state index contributed by atoms with van der Waals surface area (Å²) in [5.41, 5.74) is 10.7. The van der Waals surface area contributed by atoms with E-state index in [2.05, 4.69) is 94.7 Å². The highest BCUT2D eigenvalue weighted by atomic mass is 16.5. The van der Waals surface area contributed by atoms with Crippen LogP contribution in [0.4, 0.5) is 34.1 Å². The van der Waals surface area contributed by atoms with Crippen molar-refractivity contribution in [1.29, 1.82) is 0 Å². The number of ketones is 1. The van der Waals surface area contributed by atoms with Gasteiger partial charge in [0.15, 0.2) is 5.78 Å². The number of carbonyl (C=O) groups is 1. The average Bonchev–Trinajstić information content (AvgIpc) is 3.24. The lowest BCUT2D eigenvalue weighted by Crippen LogP contribution is -2.09. The lowest BCUT2D eigenvalue weighted by Gasteiger charge is -2.26. The minimum absolute atomic E-state index is 0.0139. The fraction of sp³-hybridized carbons (Fsp3) is 0.0200. The molecule has 0 atom stereocenters. The standard InChI is InChI=1S/C50H38N2O3/c1-36-12-14-39(15-13-36)50(54)40-20-32-48(33-21-40)55-49-34-28-46(29-35-49)52(42-10-6-3-7-11-42)44-24-18-38(19-25-44)37-16-22-43(23-17-37)51(41-8-4-2-5-9-41)45-26-30-47(53)31-27-45/h2-35,53H,1H3. The van der Waals surface area contributed by atoms with Gasteiger partial charge in [-0.1, -0.05) is 90.5 Å². The second-order valence-corrected chi connectivity index (χ2v) is 13.3. The molecule has 0 saturated carbocycles. The molecule has 266 valence electrons. The van der Waals surface area contributed by atoms with E-state index in [0.29, 0.717) is 22.6 Å². The Balaban J connectivity index is 1.00. The Morgan fingerprint density at radius 1 is 0.400 bits per heavy atom. The number of aryl methyl sites for hydroxylation is 1. The smallest absolute Gasteiger partial charge is 0.193 e. The van der Waals surface area contributed by atoms with E-state index in [-0.39, 0.29) is 11.5 Å². The first-order valence-corrected chi connectivity index (χ1v) is 18.2. The number of rotatable bonds is 11. The third-order valence-electron chi connectivity index (χ3n) is 9.48. The second kappa shape index (κ2) is 15.7. The first kappa shape index (κ1) is 34.7. The maximum absolute atomic E-state index is 12.9. The van der Waals surface area contributed by atoms with Gasteiger partial charge in [0, 0.05) is 45.3 Å². The van der Waals surface area contributed by atoms with Gasteiger partial charge in [0.2, 0.25) is 0 Å². The summed E-state index contributed by atoms with van der Waals surface area (Å²) in [6, 6.07) is 67.8. The Bertz CT molecular complexity index is 2480. The fourth-order valence-electron chi connectivity index (χ4n) is 6.60. The maximum Gasteiger partial charge on any atom is 0.193 e. The second-order valence-electron chi connectivity index (χ2n) is 13.3. The normalized spacial score (nSPS) is 10.8. The van der Waals surface area contributed by atoms with Crippen LogP contribution in [0, 0.1) is 6.92 Å². The Kier molecular flexibility index (Phi) is 9.91. The molecule has 0 fully saturated rings. The zero-order valence-electron chi connectivity index (χ0n) is 30.3. The van der Waals surface area contributed by atoms with Gasteiger partial charge in [-0.05, 0) is 139 Å². The quantitative estimate of drug-likeness (QED) is 0.135. The number of anilines is 6. The van der Waals surface area contributed by atoms with Gasteiger partial charge in [-0.15, -0.1) is 0 Å². The monoisotopic (exact) mass is 714 g/mol. The van der Waals surface area contributed by atoms with Crippen LogP contribution in [0.1, 0.15) is 21.5 Å². The van der Waals surface area contributed by atoms with E-state index < -0.39 is 0 Å². The summed E-state index contributed by atoms with van der Waals surface area (Å²) >= 11 is 0. The number of ether oxygens (including phenoxy) is 1. The zero-order chi connectivity index (χ0) is 37.6. The van der Waals surface area contributed by atoms with Crippen LogP contribution in [-0.2, 0) is 0 Å². The molecule has 1 N–H and O–H groups in total. The highest BCUT2D eigenvalue weighted by Gasteiger charge is 2.15. The number of phenols is 1. The molecule has 8 rings (SSSR count). The fourth-order valence-corrected chi connectivity index (χ4v) is 6.60. The molecular formula is C50H38N2O3. The van der Waals surface area contributed by atoms with Crippen molar-refractivity contribution >= 4 is 39.9 Å². The largest absolute Gasteiger partial charge is 0.508 e. The third kappa shape index (κ3) is 7.87. The Morgan fingerprint density at radius 2 is 0.727 bits per heavy atom. The lowest BCUT2D eigenvalue weighted by molar-refractivity contribution is 0.103. The van der Waals surface area contributed by atoms with Crippen LogP contribution in [0.15, 0.2) is 206 Å². The van der Waals surface area contributed by atoms with Gasteiger partial charge in [0.1, 0.15) is 17.2 Å². The number of nitrogens with zero attached hydrogens (tertiary/aromatic N) is 2. The lowest BCUT2D eigenvalue weighted by atomic mass is 10.0. The highest BCUT2D eigenvalue weighted by Crippen LogP contribution is 2.39. The van der Waals surface area contributed by atoms with Gasteiger partial charge < -0.3 is 19.6 Å². The molecule has 8 aromatic carbocycles. The van der Waals surface area contributed by atoms with Crippen LogP contribution in [0.25, 0.3) is 11.1 Å². The maximum atomic E-state index is 12.9. The molecule has 55 heavy (non-hydrogen) atoms. The van der Waals surface area contributed by atoms with E-state index in [1.165, 1.54) is 0 Å². The van der Waals surface area contributed by atoms with Gasteiger partial charge >= 0.3 is 0 Å². The molecule has 0 radical (unpaired) electrons. The topological polar surface area (TPSA) is 53.0 Å². The molecular weight excluding hydrogens is 677 g/mol. The minimum Gasteiger partial charge on any atom is -0.508 e. The van der Waals surface area contributed by atoms with Crippen molar-refractivity contribution in [3.05, 3.63) is 223 Å². The number of benzene rings is 8. The number of phenolic OH excluding ortho intramolecular Hbond substituents is 1. The summed E-state index contributed by atoms with van der Waals surface area (Å²) in [7, 11) is 0. The van der Waals surface area contributed by atoms with Crippen molar-refractivity contribution in [2.24, 2.45) is 0 Å². The van der Waals surface area contributed by atoms with Crippen LogP contribution in [0.3, 0.4) is 0 Å². The molecule has 5 nitrogen and oxygen atoms in total. The van der Waals surface area contributed by atoms with Crippen LogP contribution in [0.2, 0.25) is 0 Å². The van der Waals surface area contributed by atoms with Gasteiger partial charge in [0.05, 0.1) is 0 Å². The average molecular weight is 715 g/mol. The highest BCUT2D eigenvalue weighted by molar-refractivity contribution is 6.09. The molecule has 0 amide bonds. The predicted molar refractivity (Wildman–Crippen MR) is 224 cm³/mol. The molecule has 5 heteroatoms. The summed E-state index contributed by atoms with van der Waals surface area (Å²) in [6.45, 7) is 2.01. The van der Waals surface area contributed by atoms with Crippen molar-refractivity contribution in [3.63, 3.8) is 0 Å². The van der Waals surface area contributed by atoms with Crippen molar-refractivity contribution in [2.75, 3.05) is 9.80 Å². The zero-order valence-corrected chi connectivity index (χ0v) is 30.3. The summed E-state index contributed by atoms with van der Waals surface area (Å²) in [4.78, 5) is 17.3. The molecule has 0 unspecified atom stereocenters. The molecule has 0 bridgehead atoms.